The second kappa shape index (κ2) is 7.17. The minimum atomic E-state index is -2.45. The Morgan fingerprint density at radius 2 is 1.60 bits per heavy atom. The molecule has 0 radical (unpaired) electrons. The number of carboxylic acids is 2. The Morgan fingerprint density at radius 1 is 1.10 bits per heavy atom. The Balaban J connectivity index is 4.76. The molecule has 0 aliphatic rings. The topological polar surface area (TPSA) is 147 Å². The first kappa shape index (κ1) is 18.3. The SMILES string of the molecule is C[N+](C)(C)CC(CC(=O)[O-])OC(=O)C(O)C(O)C(=O)[O-]. The van der Waals surface area contributed by atoms with Gasteiger partial charge in [0.15, 0.2) is 12.2 Å². The molecule has 116 valence electrons. The lowest BCUT2D eigenvalue weighted by atomic mass is 10.2. The van der Waals surface area contributed by atoms with Gasteiger partial charge in [-0.2, -0.15) is 0 Å². The number of hydrogen-bond donors (Lipinski definition) is 2. The number of aliphatic carboxylic acids is 2. The number of ether oxygens (including phenoxy) is 1. The van der Waals surface area contributed by atoms with Crippen LogP contribution >= 0.6 is 0 Å². The van der Waals surface area contributed by atoms with Crippen molar-refractivity contribution in [2.24, 2.45) is 0 Å². The molecule has 0 fully saturated rings. The maximum atomic E-state index is 11.4. The Kier molecular flexibility index (Phi) is 6.56. The van der Waals surface area contributed by atoms with Crippen LogP contribution in [0.2, 0.25) is 0 Å². The minimum absolute atomic E-state index is 0.0911. The van der Waals surface area contributed by atoms with Crippen LogP contribution < -0.4 is 10.2 Å². The van der Waals surface area contributed by atoms with Crippen LogP contribution in [-0.2, 0) is 19.1 Å². The molecule has 0 heterocycles. The lowest BCUT2D eigenvalue weighted by Crippen LogP contribution is -2.50. The van der Waals surface area contributed by atoms with Crippen LogP contribution in [0.5, 0.6) is 0 Å². The highest BCUT2D eigenvalue weighted by molar-refractivity contribution is 5.83. The van der Waals surface area contributed by atoms with Gasteiger partial charge in [-0.25, -0.2) is 4.79 Å². The summed E-state index contributed by atoms with van der Waals surface area (Å²) in [5, 5.41) is 39.0. The number of carboxylic acid groups (broad SMARTS) is 2. The highest BCUT2D eigenvalue weighted by Crippen LogP contribution is 2.07. The third-order valence-electron chi connectivity index (χ3n) is 2.21. The second-order valence-corrected chi connectivity index (χ2v) is 5.32. The maximum absolute atomic E-state index is 11.4. The summed E-state index contributed by atoms with van der Waals surface area (Å²) in [5.74, 6) is -4.95. The van der Waals surface area contributed by atoms with E-state index in [0.717, 1.165) is 0 Å². The Morgan fingerprint density at radius 3 is 1.95 bits per heavy atom. The molecule has 20 heavy (non-hydrogen) atoms. The van der Waals surface area contributed by atoms with E-state index < -0.39 is 42.6 Å². The van der Waals surface area contributed by atoms with Crippen LogP contribution in [0.3, 0.4) is 0 Å². The molecule has 0 aromatic heterocycles. The Labute approximate surface area is 115 Å². The van der Waals surface area contributed by atoms with Gasteiger partial charge in [0.05, 0.1) is 27.1 Å². The smallest absolute Gasteiger partial charge is 0.338 e. The number of aliphatic hydroxyl groups excluding tert-OH is 2. The first-order valence-electron chi connectivity index (χ1n) is 5.72. The zero-order valence-corrected chi connectivity index (χ0v) is 11.4. The van der Waals surface area contributed by atoms with Crippen LogP contribution in [0, 0.1) is 0 Å². The Hall–Kier alpha value is -1.71. The number of nitrogens with zero attached hydrogens (tertiary/aromatic N) is 1. The molecular formula is C11H18NO8-. The molecular weight excluding hydrogens is 274 g/mol. The highest BCUT2D eigenvalue weighted by Gasteiger charge is 2.30. The van der Waals surface area contributed by atoms with Crippen molar-refractivity contribution in [1.29, 1.82) is 0 Å². The molecule has 9 heteroatoms. The molecule has 0 rings (SSSR count). The number of hydrogen-bond acceptors (Lipinski definition) is 8. The number of aliphatic hydroxyl groups is 2. The first-order chi connectivity index (χ1) is 8.94. The van der Waals surface area contributed by atoms with Crippen molar-refractivity contribution >= 4 is 17.9 Å². The van der Waals surface area contributed by atoms with Crippen molar-refractivity contribution in [3.8, 4) is 0 Å². The fourth-order valence-corrected chi connectivity index (χ4v) is 1.43. The fraction of sp³-hybridized carbons (Fsp3) is 0.727. The van der Waals surface area contributed by atoms with Gasteiger partial charge in [-0.15, -0.1) is 0 Å². The number of carbonyl (C=O) groups excluding carboxylic acids is 3. The molecule has 0 spiro atoms. The van der Waals surface area contributed by atoms with E-state index >= 15 is 0 Å². The summed E-state index contributed by atoms with van der Waals surface area (Å²) >= 11 is 0. The van der Waals surface area contributed by atoms with Crippen LogP contribution in [0.4, 0.5) is 0 Å². The largest absolute Gasteiger partial charge is 0.550 e. The van der Waals surface area contributed by atoms with E-state index in [1.807, 2.05) is 0 Å². The van der Waals surface area contributed by atoms with E-state index in [1.165, 1.54) is 0 Å². The van der Waals surface area contributed by atoms with Crippen LogP contribution in [0.15, 0.2) is 0 Å². The molecule has 0 bridgehead atoms. The van der Waals surface area contributed by atoms with Gasteiger partial charge in [-0.3, -0.25) is 0 Å². The highest BCUT2D eigenvalue weighted by atomic mass is 16.6. The van der Waals surface area contributed by atoms with Gasteiger partial charge >= 0.3 is 5.97 Å². The van der Waals surface area contributed by atoms with E-state index in [-0.39, 0.29) is 11.0 Å². The van der Waals surface area contributed by atoms with E-state index in [4.69, 9.17) is 9.84 Å². The summed E-state index contributed by atoms with van der Waals surface area (Å²) in [4.78, 5) is 32.3. The van der Waals surface area contributed by atoms with Gasteiger partial charge in [0.2, 0.25) is 0 Å². The lowest BCUT2D eigenvalue weighted by molar-refractivity contribution is -0.873. The molecule has 9 nitrogen and oxygen atoms in total. The summed E-state index contributed by atoms with van der Waals surface area (Å²) in [6.45, 7) is 0.0911. The molecule has 3 atom stereocenters. The maximum Gasteiger partial charge on any atom is 0.338 e. The second-order valence-electron chi connectivity index (χ2n) is 5.32. The molecule has 2 N–H and O–H groups in total. The Bertz CT molecular complexity index is 375. The monoisotopic (exact) mass is 292 g/mol. The fourth-order valence-electron chi connectivity index (χ4n) is 1.43. The zero-order chi connectivity index (χ0) is 16.1. The van der Waals surface area contributed by atoms with Gasteiger partial charge in [0.25, 0.3) is 0 Å². The number of likely N-dealkylation sites (N-methyl/N-ethyl adjacent to an activating group) is 1. The summed E-state index contributed by atoms with van der Waals surface area (Å²) in [6, 6.07) is 0. The average molecular weight is 292 g/mol. The zero-order valence-electron chi connectivity index (χ0n) is 11.4. The van der Waals surface area contributed by atoms with Gasteiger partial charge in [-0.05, 0) is 0 Å². The van der Waals surface area contributed by atoms with E-state index in [9.17, 15) is 29.7 Å². The summed E-state index contributed by atoms with van der Waals surface area (Å²) in [5.41, 5.74) is 0. The van der Waals surface area contributed by atoms with Gasteiger partial charge < -0.3 is 39.2 Å². The predicted molar refractivity (Wildman–Crippen MR) is 59.4 cm³/mol. The molecule has 0 aromatic rings. The quantitative estimate of drug-likeness (QED) is 0.334. The summed E-state index contributed by atoms with van der Waals surface area (Å²) in [7, 11) is 5.13. The predicted octanol–water partition coefficient (Wildman–Crippen LogP) is -4.78. The molecule has 0 aliphatic carbocycles. The van der Waals surface area contributed by atoms with E-state index in [2.05, 4.69) is 0 Å². The van der Waals surface area contributed by atoms with Crippen molar-refractivity contribution in [3.63, 3.8) is 0 Å². The van der Waals surface area contributed by atoms with Crippen LogP contribution in [0.25, 0.3) is 0 Å². The van der Waals surface area contributed by atoms with Gasteiger partial charge in [0.1, 0.15) is 12.6 Å². The van der Waals surface area contributed by atoms with E-state index in [0.29, 0.717) is 0 Å². The van der Waals surface area contributed by atoms with Crippen molar-refractivity contribution in [1.82, 2.24) is 0 Å². The molecule has 0 aliphatic heterocycles. The third-order valence-corrected chi connectivity index (χ3v) is 2.21. The average Bonchev–Trinajstić information content (AvgIpc) is 2.23. The molecule has 0 aromatic carbocycles. The van der Waals surface area contributed by atoms with Crippen molar-refractivity contribution in [2.45, 2.75) is 24.7 Å². The van der Waals surface area contributed by atoms with Crippen molar-refractivity contribution in [2.75, 3.05) is 27.7 Å². The van der Waals surface area contributed by atoms with Crippen LogP contribution in [0.1, 0.15) is 6.42 Å². The number of esters is 1. The number of carbonyl (C=O) groups is 3. The first-order valence-corrected chi connectivity index (χ1v) is 5.72. The van der Waals surface area contributed by atoms with Crippen LogP contribution in [-0.4, -0.2) is 78.6 Å². The van der Waals surface area contributed by atoms with Crippen molar-refractivity contribution < 1.29 is 44.0 Å². The lowest BCUT2D eigenvalue weighted by Gasteiger charge is -2.30. The summed E-state index contributed by atoms with van der Waals surface area (Å²) in [6.07, 6.45) is -6.54. The van der Waals surface area contributed by atoms with Gasteiger partial charge in [-0.1, -0.05) is 0 Å². The summed E-state index contributed by atoms with van der Waals surface area (Å²) < 4.78 is 4.95. The molecule has 3 unspecified atom stereocenters. The molecule has 0 saturated carbocycles. The third kappa shape index (κ3) is 7.02. The molecule has 0 saturated heterocycles. The minimum Gasteiger partial charge on any atom is -0.550 e. The normalized spacial score (nSPS) is 16.1. The van der Waals surface area contributed by atoms with Gasteiger partial charge in [0, 0.05) is 12.4 Å². The number of rotatable bonds is 8. The van der Waals surface area contributed by atoms with Crippen molar-refractivity contribution in [3.05, 3.63) is 0 Å². The van der Waals surface area contributed by atoms with E-state index in [1.54, 1.807) is 21.1 Å². The standard InChI is InChI=1S/C11H19NO8/c1-12(2,3)5-6(4-7(13)14)20-11(19)9(16)8(15)10(17)18/h6,8-9,15-16H,4-5H2,1-3H3,(H-,13,14,17,18)/p-1. The number of quaternary nitrogens is 1. The molecule has 0 amide bonds.